The number of nitrogens with zero attached hydrogens (tertiary/aromatic N) is 1. The Hall–Kier alpha value is -2.30. The molecule has 98 valence electrons. The molecule has 1 aliphatic carbocycles. The normalized spacial score (nSPS) is 13.1. The van der Waals surface area contributed by atoms with Gasteiger partial charge in [0.05, 0.1) is 5.69 Å². The molecule has 1 aromatic carbocycles. The van der Waals surface area contributed by atoms with E-state index in [1.807, 2.05) is 18.2 Å². The molecule has 1 N–H and O–H groups in total. The fraction of sp³-hybridized carbons (Fsp3) is 0.286. The van der Waals surface area contributed by atoms with Gasteiger partial charge in [-0.1, -0.05) is 23.4 Å². The molecule has 0 aliphatic heterocycles. The SMILES string of the molecule is O=C(COc1ccccc1)Nc1onc2c1CCC2. The van der Waals surface area contributed by atoms with E-state index in [2.05, 4.69) is 10.5 Å². The molecular weight excluding hydrogens is 244 g/mol. The molecular formula is C14H14N2O3. The monoisotopic (exact) mass is 258 g/mol. The molecule has 0 fully saturated rings. The summed E-state index contributed by atoms with van der Waals surface area (Å²) in [4.78, 5) is 11.8. The number of anilines is 1. The van der Waals surface area contributed by atoms with E-state index in [-0.39, 0.29) is 12.5 Å². The molecule has 5 heteroatoms. The van der Waals surface area contributed by atoms with Gasteiger partial charge in [-0.25, -0.2) is 0 Å². The van der Waals surface area contributed by atoms with E-state index in [1.54, 1.807) is 12.1 Å². The zero-order chi connectivity index (χ0) is 13.1. The zero-order valence-electron chi connectivity index (χ0n) is 10.4. The van der Waals surface area contributed by atoms with Gasteiger partial charge in [-0.3, -0.25) is 10.1 Å². The van der Waals surface area contributed by atoms with Crippen LogP contribution in [0.1, 0.15) is 17.7 Å². The van der Waals surface area contributed by atoms with Crippen LogP contribution >= 0.6 is 0 Å². The Balaban J connectivity index is 1.57. The predicted molar refractivity (Wildman–Crippen MR) is 69.1 cm³/mol. The Morgan fingerprint density at radius 1 is 1.32 bits per heavy atom. The molecule has 1 amide bonds. The first-order valence-corrected chi connectivity index (χ1v) is 6.28. The Morgan fingerprint density at radius 3 is 3.00 bits per heavy atom. The number of nitrogens with one attached hydrogen (secondary N) is 1. The van der Waals surface area contributed by atoms with Crippen molar-refractivity contribution in [2.75, 3.05) is 11.9 Å². The highest BCUT2D eigenvalue weighted by Crippen LogP contribution is 2.28. The Labute approximate surface area is 110 Å². The molecule has 1 aliphatic rings. The van der Waals surface area contributed by atoms with Crippen LogP contribution in [-0.2, 0) is 17.6 Å². The van der Waals surface area contributed by atoms with E-state index in [4.69, 9.17) is 9.26 Å². The topological polar surface area (TPSA) is 64.4 Å². The van der Waals surface area contributed by atoms with E-state index < -0.39 is 0 Å². The minimum absolute atomic E-state index is 0.0422. The van der Waals surface area contributed by atoms with Crippen LogP contribution in [0.4, 0.5) is 5.88 Å². The summed E-state index contributed by atoms with van der Waals surface area (Å²) in [5, 5.41) is 6.64. The lowest BCUT2D eigenvalue weighted by molar-refractivity contribution is -0.118. The lowest BCUT2D eigenvalue weighted by Gasteiger charge is -2.05. The number of carbonyl (C=O) groups excluding carboxylic acids is 1. The van der Waals surface area contributed by atoms with Crippen molar-refractivity contribution in [3.05, 3.63) is 41.6 Å². The van der Waals surface area contributed by atoms with Gasteiger partial charge in [-0.2, -0.15) is 0 Å². The van der Waals surface area contributed by atoms with E-state index >= 15 is 0 Å². The van der Waals surface area contributed by atoms with E-state index in [0.29, 0.717) is 11.6 Å². The lowest BCUT2D eigenvalue weighted by atomic mass is 10.2. The second-order valence-corrected chi connectivity index (χ2v) is 4.44. The van der Waals surface area contributed by atoms with Crippen LogP contribution in [0, 0.1) is 0 Å². The van der Waals surface area contributed by atoms with Crippen molar-refractivity contribution in [3.63, 3.8) is 0 Å². The van der Waals surface area contributed by atoms with Crippen LogP contribution in [0.3, 0.4) is 0 Å². The van der Waals surface area contributed by atoms with Crippen LogP contribution in [0.15, 0.2) is 34.9 Å². The molecule has 0 spiro atoms. The van der Waals surface area contributed by atoms with E-state index in [9.17, 15) is 4.79 Å². The smallest absolute Gasteiger partial charge is 0.264 e. The van der Waals surface area contributed by atoms with Crippen LogP contribution in [0.25, 0.3) is 0 Å². The highest BCUT2D eigenvalue weighted by molar-refractivity contribution is 5.91. The van der Waals surface area contributed by atoms with Gasteiger partial charge in [0.1, 0.15) is 5.75 Å². The third-order valence-corrected chi connectivity index (χ3v) is 3.08. The summed E-state index contributed by atoms with van der Waals surface area (Å²) in [7, 11) is 0. The highest BCUT2D eigenvalue weighted by Gasteiger charge is 2.22. The van der Waals surface area contributed by atoms with Crippen molar-refractivity contribution >= 4 is 11.8 Å². The van der Waals surface area contributed by atoms with Crippen LogP contribution in [0.5, 0.6) is 5.75 Å². The molecule has 0 saturated heterocycles. The minimum atomic E-state index is -0.241. The number of aromatic nitrogens is 1. The number of hydrogen-bond donors (Lipinski definition) is 1. The average Bonchev–Trinajstić information content (AvgIpc) is 3.03. The van der Waals surface area contributed by atoms with Gasteiger partial charge in [0.25, 0.3) is 5.91 Å². The number of carbonyl (C=O) groups is 1. The molecule has 0 atom stereocenters. The largest absolute Gasteiger partial charge is 0.484 e. The molecule has 1 aromatic heterocycles. The molecule has 5 nitrogen and oxygen atoms in total. The first-order chi connectivity index (χ1) is 9.33. The maximum absolute atomic E-state index is 11.8. The summed E-state index contributed by atoms with van der Waals surface area (Å²) < 4.78 is 10.5. The molecule has 0 radical (unpaired) electrons. The van der Waals surface area contributed by atoms with Crippen LogP contribution < -0.4 is 10.1 Å². The van der Waals surface area contributed by atoms with Crippen molar-refractivity contribution in [3.8, 4) is 5.75 Å². The number of rotatable bonds is 4. The fourth-order valence-corrected chi connectivity index (χ4v) is 2.16. The maximum Gasteiger partial charge on any atom is 0.264 e. The number of amides is 1. The second-order valence-electron chi connectivity index (χ2n) is 4.44. The first-order valence-electron chi connectivity index (χ1n) is 6.28. The highest BCUT2D eigenvalue weighted by atomic mass is 16.5. The van der Waals surface area contributed by atoms with Gasteiger partial charge < -0.3 is 9.26 Å². The Morgan fingerprint density at radius 2 is 2.16 bits per heavy atom. The van der Waals surface area contributed by atoms with Crippen molar-refractivity contribution in [1.29, 1.82) is 0 Å². The van der Waals surface area contributed by atoms with Crippen molar-refractivity contribution in [1.82, 2.24) is 5.16 Å². The molecule has 19 heavy (non-hydrogen) atoms. The molecule has 0 bridgehead atoms. The molecule has 2 aromatic rings. The summed E-state index contributed by atoms with van der Waals surface area (Å²) >= 11 is 0. The number of ether oxygens (including phenoxy) is 1. The Kier molecular flexibility index (Phi) is 3.18. The third kappa shape index (κ3) is 2.59. The lowest BCUT2D eigenvalue weighted by Crippen LogP contribution is -2.20. The average molecular weight is 258 g/mol. The van der Waals surface area contributed by atoms with Gasteiger partial charge in [-0.05, 0) is 31.4 Å². The summed E-state index contributed by atoms with van der Waals surface area (Å²) in [6.45, 7) is -0.0422. The number of aryl methyl sites for hydroxylation is 1. The first kappa shape index (κ1) is 11.8. The van der Waals surface area contributed by atoms with Crippen LogP contribution in [0.2, 0.25) is 0 Å². The molecule has 0 saturated carbocycles. The number of benzene rings is 1. The molecule has 3 rings (SSSR count). The number of fused-ring (bicyclic) bond motifs is 1. The maximum atomic E-state index is 11.8. The van der Waals surface area contributed by atoms with Gasteiger partial charge in [0, 0.05) is 5.56 Å². The van der Waals surface area contributed by atoms with Crippen molar-refractivity contribution in [2.45, 2.75) is 19.3 Å². The van der Waals surface area contributed by atoms with Crippen molar-refractivity contribution < 1.29 is 14.1 Å². The molecule has 0 unspecified atom stereocenters. The minimum Gasteiger partial charge on any atom is -0.484 e. The summed E-state index contributed by atoms with van der Waals surface area (Å²) in [5.74, 6) is 0.893. The fourth-order valence-electron chi connectivity index (χ4n) is 2.16. The molecule has 1 heterocycles. The zero-order valence-corrected chi connectivity index (χ0v) is 10.4. The summed E-state index contributed by atoms with van der Waals surface area (Å²) in [6.07, 6.45) is 2.90. The second kappa shape index (κ2) is 5.14. The number of para-hydroxylation sites is 1. The third-order valence-electron chi connectivity index (χ3n) is 3.08. The van der Waals surface area contributed by atoms with Gasteiger partial charge in [0.15, 0.2) is 6.61 Å². The Bertz CT molecular complexity index is 578. The van der Waals surface area contributed by atoms with Gasteiger partial charge >= 0.3 is 0 Å². The quantitative estimate of drug-likeness (QED) is 0.912. The van der Waals surface area contributed by atoms with E-state index in [0.717, 1.165) is 30.5 Å². The van der Waals surface area contributed by atoms with Crippen LogP contribution in [-0.4, -0.2) is 17.7 Å². The van der Waals surface area contributed by atoms with Gasteiger partial charge in [-0.15, -0.1) is 0 Å². The van der Waals surface area contributed by atoms with E-state index in [1.165, 1.54) is 0 Å². The van der Waals surface area contributed by atoms with Crippen molar-refractivity contribution in [2.24, 2.45) is 0 Å². The standard InChI is InChI=1S/C14H14N2O3/c17-13(9-18-10-5-2-1-3-6-10)15-14-11-7-4-8-12(11)16-19-14/h1-3,5-6H,4,7-9H2,(H,15,17). The summed E-state index contributed by atoms with van der Waals surface area (Å²) in [5.41, 5.74) is 1.98. The van der Waals surface area contributed by atoms with Gasteiger partial charge in [0.2, 0.25) is 5.88 Å². The summed E-state index contributed by atoms with van der Waals surface area (Å²) in [6, 6.07) is 9.22. The number of hydrogen-bond acceptors (Lipinski definition) is 4. The predicted octanol–water partition coefficient (Wildman–Crippen LogP) is 2.18.